The zero-order chi connectivity index (χ0) is 8.16. The van der Waals surface area contributed by atoms with Crippen LogP contribution in [0.5, 0.6) is 0 Å². The summed E-state index contributed by atoms with van der Waals surface area (Å²) in [5.74, 6) is 5.78. The van der Waals surface area contributed by atoms with Crippen molar-refractivity contribution in [2.45, 2.75) is 31.8 Å². The number of rotatable bonds is 0. The van der Waals surface area contributed by atoms with Gasteiger partial charge in [0.1, 0.15) is 5.60 Å². The molecule has 2 heteroatoms. The molecule has 0 aromatic heterocycles. The molecule has 1 fully saturated rings. The Morgan fingerprint density at radius 2 is 2.09 bits per heavy atom. The molecule has 0 aromatic carbocycles. The van der Waals surface area contributed by atoms with Crippen LogP contribution in [0.15, 0.2) is 0 Å². The predicted octanol–water partition coefficient (Wildman–Crippen LogP) is 0.941. The maximum atomic E-state index is 9.75. The molecule has 1 rings (SSSR count). The molecule has 0 bridgehead atoms. The van der Waals surface area contributed by atoms with Crippen molar-refractivity contribution in [2.24, 2.45) is 0 Å². The molecule has 1 aliphatic rings. The van der Waals surface area contributed by atoms with Crippen LogP contribution in [0.1, 0.15) is 26.2 Å². The maximum Gasteiger partial charge on any atom is 0.129 e. The van der Waals surface area contributed by atoms with E-state index in [4.69, 9.17) is 4.74 Å². The first kappa shape index (κ1) is 8.58. The van der Waals surface area contributed by atoms with Crippen molar-refractivity contribution < 1.29 is 9.84 Å². The van der Waals surface area contributed by atoms with E-state index in [0.29, 0.717) is 26.1 Å². The van der Waals surface area contributed by atoms with Crippen molar-refractivity contribution >= 4 is 0 Å². The normalized spacial score (nSPS) is 22.0. The Hall–Kier alpha value is -0.520. The first-order valence-corrected chi connectivity index (χ1v) is 4.07. The number of hydrogen-bond acceptors (Lipinski definition) is 2. The third-order valence-electron chi connectivity index (χ3n) is 1.82. The van der Waals surface area contributed by atoms with E-state index in [9.17, 15) is 5.11 Å². The summed E-state index contributed by atoms with van der Waals surface area (Å²) in [5.41, 5.74) is -0.756. The van der Waals surface area contributed by atoms with E-state index in [1.165, 1.54) is 0 Å². The van der Waals surface area contributed by atoms with E-state index in [-0.39, 0.29) is 0 Å². The van der Waals surface area contributed by atoms with Crippen molar-refractivity contribution in [1.82, 2.24) is 0 Å². The molecule has 1 saturated heterocycles. The quantitative estimate of drug-likeness (QED) is 0.526. The van der Waals surface area contributed by atoms with Crippen LogP contribution in [-0.4, -0.2) is 23.9 Å². The summed E-state index contributed by atoms with van der Waals surface area (Å²) in [7, 11) is 0. The van der Waals surface area contributed by atoms with Gasteiger partial charge in [-0.05, 0) is 0 Å². The van der Waals surface area contributed by atoms with Crippen molar-refractivity contribution in [3.05, 3.63) is 0 Å². The monoisotopic (exact) mass is 154 g/mol. The minimum Gasteiger partial charge on any atom is -0.381 e. The molecule has 11 heavy (non-hydrogen) atoms. The molecule has 0 aromatic rings. The topological polar surface area (TPSA) is 29.5 Å². The number of ether oxygens (including phenoxy) is 1. The smallest absolute Gasteiger partial charge is 0.129 e. The Labute approximate surface area is 67.6 Å². The molecule has 62 valence electrons. The van der Waals surface area contributed by atoms with E-state index in [1.54, 1.807) is 0 Å². The van der Waals surface area contributed by atoms with Gasteiger partial charge in [0.15, 0.2) is 0 Å². The van der Waals surface area contributed by atoms with Gasteiger partial charge in [-0.1, -0.05) is 12.8 Å². The van der Waals surface area contributed by atoms with Crippen LogP contribution >= 0.6 is 0 Å². The third-order valence-corrected chi connectivity index (χ3v) is 1.82. The molecule has 0 spiro atoms. The molecule has 0 saturated carbocycles. The Morgan fingerprint density at radius 3 is 2.64 bits per heavy atom. The van der Waals surface area contributed by atoms with E-state index >= 15 is 0 Å². The predicted molar refractivity (Wildman–Crippen MR) is 43.1 cm³/mol. The van der Waals surface area contributed by atoms with E-state index in [0.717, 1.165) is 6.42 Å². The van der Waals surface area contributed by atoms with Crippen molar-refractivity contribution in [3.63, 3.8) is 0 Å². The first-order valence-electron chi connectivity index (χ1n) is 4.07. The fourth-order valence-corrected chi connectivity index (χ4v) is 1.09. The summed E-state index contributed by atoms with van der Waals surface area (Å²) in [5, 5.41) is 9.75. The van der Waals surface area contributed by atoms with Gasteiger partial charge >= 0.3 is 0 Å². The zero-order valence-electron chi connectivity index (χ0n) is 6.89. The average Bonchev–Trinajstić information content (AvgIpc) is 2.03. The van der Waals surface area contributed by atoms with Gasteiger partial charge in [-0.3, -0.25) is 0 Å². The van der Waals surface area contributed by atoms with Crippen LogP contribution in [0.2, 0.25) is 0 Å². The van der Waals surface area contributed by atoms with E-state index in [1.807, 2.05) is 6.92 Å². The lowest BCUT2D eigenvalue weighted by Crippen LogP contribution is -2.34. The van der Waals surface area contributed by atoms with Gasteiger partial charge < -0.3 is 9.84 Å². The summed E-state index contributed by atoms with van der Waals surface area (Å²) in [6.45, 7) is 3.25. The summed E-state index contributed by atoms with van der Waals surface area (Å²) in [6.07, 6.45) is 2.11. The number of hydrogen-bond donors (Lipinski definition) is 1. The molecule has 0 atom stereocenters. The lowest BCUT2D eigenvalue weighted by Gasteiger charge is -2.26. The highest BCUT2D eigenvalue weighted by Crippen LogP contribution is 2.18. The zero-order valence-corrected chi connectivity index (χ0v) is 6.89. The van der Waals surface area contributed by atoms with Crippen molar-refractivity contribution in [2.75, 3.05) is 13.2 Å². The van der Waals surface area contributed by atoms with Crippen molar-refractivity contribution in [1.29, 1.82) is 0 Å². The summed E-state index contributed by atoms with van der Waals surface area (Å²) in [6, 6.07) is 0. The van der Waals surface area contributed by atoms with Crippen LogP contribution in [0.3, 0.4) is 0 Å². The molecule has 1 heterocycles. The molecule has 0 unspecified atom stereocenters. The van der Waals surface area contributed by atoms with Gasteiger partial charge in [0, 0.05) is 19.3 Å². The molecule has 0 radical (unpaired) electrons. The lowest BCUT2D eigenvalue weighted by molar-refractivity contribution is -0.0262. The SMILES string of the molecule is CCC#CC1(O)CCOCC1. The third kappa shape index (κ3) is 2.53. The van der Waals surface area contributed by atoms with Crippen LogP contribution in [-0.2, 0) is 4.74 Å². The molecule has 0 aliphatic carbocycles. The second-order valence-electron chi connectivity index (χ2n) is 2.80. The highest BCUT2D eigenvalue weighted by Gasteiger charge is 2.26. The average molecular weight is 154 g/mol. The van der Waals surface area contributed by atoms with Gasteiger partial charge in [-0.25, -0.2) is 0 Å². The van der Waals surface area contributed by atoms with Gasteiger partial charge in [0.25, 0.3) is 0 Å². The van der Waals surface area contributed by atoms with Gasteiger partial charge in [-0.2, -0.15) is 0 Å². The molecular formula is C9H14O2. The molecular weight excluding hydrogens is 140 g/mol. The van der Waals surface area contributed by atoms with Gasteiger partial charge in [-0.15, -0.1) is 5.92 Å². The summed E-state index contributed by atoms with van der Waals surface area (Å²) >= 11 is 0. The Bertz CT molecular complexity index is 170. The summed E-state index contributed by atoms with van der Waals surface area (Å²) in [4.78, 5) is 0. The molecule has 0 amide bonds. The maximum absolute atomic E-state index is 9.75. The highest BCUT2D eigenvalue weighted by atomic mass is 16.5. The van der Waals surface area contributed by atoms with Crippen LogP contribution in [0.4, 0.5) is 0 Å². The highest BCUT2D eigenvalue weighted by molar-refractivity contribution is 5.13. The van der Waals surface area contributed by atoms with Crippen LogP contribution in [0, 0.1) is 11.8 Å². The van der Waals surface area contributed by atoms with Crippen molar-refractivity contribution in [3.8, 4) is 11.8 Å². The Morgan fingerprint density at radius 1 is 1.45 bits per heavy atom. The van der Waals surface area contributed by atoms with Crippen LogP contribution < -0.4 is 0 Å². The fourth-order valence-electron chi connectivity index (χ4n) is 1.09. The summed E-state index contributed by atoms with van der Waals surface area (Å²) < 4.78 is 5.12. The first-order chi connectivity index (χ1) is 5.27. The van der Waals surface area contributed by atoms with Crippen LogP contribution in [0.25, 0.3) is 0 Å². The minimum atomic E-state index is -0.756. The largest absolute Gasteiger partial charge is 0.381 e. The second kappa shape index (κ2) is 3.75. The van der Waals surface area contributed by atoms with E-state index in [2.05, 4.69) is 11.8 Å². The lowest BCUT2D eigenvalue weighted by atomic mass is 9.95. The molecule has 2 nitrogen and oxygen atoms in total. The number of aliphatic hydroxyl groups is 1. The standard InChI is InChI=1S/C9H14O2/c1-2-3-4-9(10)5-7-11-8-6-9/h10H,2,5-8H2,1H3. The van der Waals surface area contributed by atoms with E-state index < -0.39 is 5.60 Å². The Kier molecular flexibility index (Phi) is 2.92. The second-order valence-corrected chi connectivity index (χ2v) is 2.80. The van der Waals surface area contributed by atoms with Gasteiger partial charge in [0.2, 0.25) is 0 Å². The molecule has 1 N–H and O–H groups in total. The fraction of sp³-hybridized carbons (Fsp3) is 0.778. The minimum absolute atomic E-state index is 0.634. The Balaban J connectivity index is 2.49. The molecule has 1 aliphatic heterocycles. The van der Waals surface area contributed by atoms with Gasteiger partial charge in [0.05, 0.1) is 13.2 Å².